The van der Waals surface area contributed by atoms with Gasteiger partial charge >= 0.3 is 0 Å². The van der Waals surface area contributed by atoms with Crippen LogP contribution in [0.15, 0.2) is 147 Å². The standard InChI is InChI=1S/C42H28N6/c1-3-36-37(4-2)45-39(38(44-36)30-23-21-28(27-43)22-24-30)33-18-12-20-35(26-33)42-47-40(31-15-9-6-10-16-31)46-41(48-42)34-19-11-17-32(25-34)29-13-7-5-8-14-29/h3-26H,1-2H2. The fraction of sp³-hybridized carbons (Fsp3) is 0. The van der Waals surface area contributed by atoms with Gasteiger partial charge in [0.05, 0.1) is 34.4 Å². The molecule has 0 N–H and O–H groups in total. The van der Waals surface area contributed by atoms with E-state index in [1.165, 1.54) is 0 Å². The van der Waals surface area contributed by atoms with E-state index in [0.29, 0.717) is 45.8 Å². The third-order valence-corrected chi connectivity index (χ3v) is 7.91. The highest BCUT2D eigenvalue weighted by molar-refractivity contribution is 5.82. The van der Waals surface area contributed by atoms with Crippen molar-refractivity contribution in [1.29, 1.82) is 5.26 Å². The SMILES string of the molecule is C=Cc1nc(-c2ccc(C#N)cc2)c(-c2cccc(-c3nc(-c4ccccc4)nc(-c4cccc(-c5ccccc5)c4)n3)c2)nc1C=C. The number of aromatic nitrogens is 5. The first-order valence-corrected chi connectivity index (χ1v) is 15.4. The summed E-state index contributed by atoms with van der Waals surface area (Å²) in [6.07, 6.45) is 3.34. The molecule has 0 fully saturated rings. The number of hydrogen-bond acceptors (Lipinski definition) is 6. The monoisotopic (exact) mass is 616 g/mol. The van der Waals surface area contributed by atoms with E-state index >= 15 is 0 Å². The van der Waals surface area contributed by atoms with Gasteiger partial charge in [-0.1, -0.05) is 122 Å². The first-order valence-electron chi connectivity index (χ1n) is 15.4. The number of benzene rings is 5. The van der Waals surface area contributed by atoms with Crippen LogP contribution in [0.25, 0.3) is 80.0 Å². The summed E-state index contributed by atoms with van der Waals surface area (Å²) in [6.45, 7) is 7.88. The van der Waals surface area contributed by atoms with E-state index < -0.39 is 0 Å². The van der Waals surface area contributed by atoms with E-state index in [0.717, 1.165) is 38.9 Å². The molecule has 7 rings (SSSR count). The fourth-order valence-corrected chi connectivity index (χ4v) is 5.49. The Labute approximate surface area is 279 Å². The Kier molecular flexibility index (Phi) is 8.24. The molecule has 6 heteroatoms. The minimum Gasteiger partial charge on any atom is -0.244 e. The summed E-state index contributed by atoms with van der Waals surface area (Å²) in [5.74, 6) is 1.68. The van der Waals surface area contributed by atoms with Gasteiger partial charge in [0, 0.05) is 27.8 Å². The highest BCUT2D eigenvalue weighted by Gasteiger charge is 2.18. The average molecular weight is 617 g/mol. The maximum Gasteiger partial charge on any atom is 0.164 e. The third-order valence-electron chi connectivity index (χ3n) is 7.91. The number of rotatable bonds is 8. The van der Waals surface area contributed by atoms with Gasteiger partial charge in [0.25, 0.3) is 0 Å². The lowest BCUT2D eigenvalue weighted by Crippen LogP contribution is -2.02. The lowest BCUT2D eigenvalue weighted by Gasteiger charge is -2.13. The van der Waals surface area contributed by atoms with Gasteiger partial charge in [0.2, 0.25) is 0 Å². The molecule has 0 atom stereocenters. The molecule has 0 spiro atoms. The molecule has 226 valence electrons. The van der Waals surface area contributed by atoms with E-state index in [-0.39, 0.29) is 0 Å². The van der Waals surface area contributed by atoms with Crippen molar-refractivity contribution in [3.05, 3.63) is 164 Å². The summed E-state index contributed by atoms with van der Waals surface area (Å²) in [4.78, 5) is 24.8. The molecule has 6 nitrogen and oxygen atoms in total. The van der Waals surface area contributed by atoms with Gasteiger partial charge in [-0.15, -0.1) is 0 Å². The van der Waals surface area contributed by atoms with E-state index in [9.17, 15) is 5.26 Å². The summed E-state index contributed by atoms with van der Waals surface area (Å²) in [5.41, 5.74) is 9.56. The Hall–Kier alpha value is -6.84. The van der Waals surface area contributed by atoms with Crippen LogP contribution in [0.3, 0.4) is 0 Å². The number of nitriles is 1. The van der Waals surface area contributed by atoms with E-state index in [2.05, 4.69) is 43.5 Å². The van der Waals surface area contributed by atoms with Gasteiger partial charge in [0.15, 0.2) is 17.5 Å². The zero-order valence-corrected chi connectivity index (χ0v) is 26.0. The average Bonchev–Trinajstić information content (AvgIpc) is 3.18. The smallest absolute Gasteiger partial charge is 0.164 e. The van der Waals surface area contributed by atoms with Crippen molar-refractivity contribution in [2.24, 2.45) is 0 Å². The maximum absolute atomic E-state index is 9.35. The molecule has 5 aromatic carbocycles. The second-order valence-corrected chi connectivity index (χ2v) is 11.0. The molecule has 48 heavy (non-hydrogen) atoms. The van der Waals surface area contributed by atoms with Crippen molar-refractivity contribution >= 4 is 12.2 Å². The van der Waals surface area contributed by atoms with Crippen molar-refractivity contribution < 1.29 is 0 Å². The molecule has 0 saturated heterocycles. The first kappa shape index (κ1) is 29.8. The van der Waals surface area contributed by atoms with Crippen LogP contribution in [-0.2, 0) is 0 Å². The molecule has 0 unspecified atom stereocenters. The normalized spacial score (nSPS) is 10.6. The lowest BCUT2D eigenvalue weighted by molar-refractivity contribution is 1.07. The highest BCUT2D eigenvalue weighted by atomic mass is 15.0. The summed E-state index contributed by atoms with van der Waals surface area (Å²) >= 11 is 0. The van der Waals surface area contributed by atoms with Crippen molar-refractivity contribution in [3.8, 4) is 73.9 Å². The van der Waals surface area contributed by atoms with Crippen LogP contribution in [0, 0.1) is 11.3 Å². The Morgan fingerprint density at radius 3 is 1.40 bits per heavy atom. The Bertz CT molecular complexity index is 2320. The minimum atomic E-state index is 0.533. The Morgan fingerprint density at radius 2 is 0.854 bits per heavy atom. The van der Waals surface area contributed by atoms with E-state index in [1.807, 2.05) is 97.1 Å². The van der Waals surface area contributed by atoms with Gasteiger partial charge in [-0.2, -0.15) is 5.26 Å². The van der Waals surface area contributed by atoms with Crippen LogP contribution in [0.2, 0.25) is 0 Å². The van der Waals surface area contributed by atoms with Crippen molar-refractivity contribution in [2.75, 3.05) is 0 Å². The largest absolute Gasteiger partial charge is 0.244 e. The molecule has 0 bridgehead atoms. The highest BCUT2D eigenvalue weighted by Crippen LogP contribution is 2.34. The van der Waals surface area contributed by atoms with Crippen LogP contribution in [0.1, 0.15) is 17.0 Å². The van der Waals surface area contributed by atoms with Gasteiger partial charge in [-0.05, 0) is 47.5 Å². The van der Waals surface area contributed by atoms with Gasteiger partial charge in [-0.25, -0.2) is 24.9 Å². The maximum atomic E-state index is 9.35. The van der Waals surface area contributed by atoms with Crippen molar-refractivity contribution in [1.82, 2.24) is 24.9 Å². The molecule has 0 aliphatic rings. The summed E-state index contributed by atoms with van der Waals surface area (Å²) in [5, 5.41) is 9.35. The zero-order valence-electron chi connectivity index (χ0n) is 26.0. The Balaban J connectivity index is 1.39. The molecular formula is C42H28N6. The summed E-state index contributed by atoms with van der Waals surface area (Å²) in [7, 11) is 0. The topological polar surface area (TPSA) is 88.2 Å². The molecule has 0 saturated carbocycles. The van der Waals surface area contributed by atoms with E-state index in [4.69, 9.17) is 24.9 Å². The third kappa shape index (κ3) is 6.04. The number of hydrogen-bond donors (Lipinski definition) is 0. The molecule has 0 amide bonds. The summed E-state index contributed by atoms with van der Waals surface area (Å²) in [6, 6.07) is 45.9. The Morgan fingerprint density at radius 1 is 0.417 bits per heavy atom. The number of nitrogens with zero attached hydrogens (tertiary/aromatic N) is 6. The molecular weight excluding hydrogens is 589 g/mol. The van der Waals surface area contributed by atoms with Crippen LogP contribution < -0.4 is 0 Å². The first-order chi connectivity index (χ1) is 23.6. The predicted octanol–water partition coefficient (Wildman–Crippen LogP) is 9.82. The molecule has 0 aliphatic carbocycles. The molecule has 0 aliphatic heterocycles. The van der Waals surface area contributed by atoms with Crippen molar-refractivity contribution in [2.45, 2.75) is 0 Å². The summed E-state index contributed by atoms with van der Waals surface area (Å²) < 4.78 is 0. The molecule has 7 aromatic rings. The van der Waals surface area contributed by atoms with E-state index in [1.54, 1.807) is 24.3 Å². The lowest BCUT2D eigenvalue weighted by atomic mass is 10.0. The van der Waals surface area contributed by atoms with Gasteiger partial charge < -0.3 is 0 Å². The second kappa shape index (κ2) is 13.3. The molecule has 0 radical (unpaired) electrons. The van der Waals surface area contributed by atoms with Crippen molar-refractivity contribution in [3.63, 3.8) is 0 Å². The minimum absolute atomic E-state index is 0.533. The van der Waals surface area contributed by atoms with Crippen LogP contribution in [-0.4, -0.2) is 24.9 Å². The quantitative estimate of drug-likeness (QED) is 0.169. The second-order valence-electron chi connectivity index (χ2n) is 11.0. The predicted molar refractivity (Wildman–Crippen MR) is 193 cm³/mol. The van der Waals surface area contributed by atoms with Crippen LogP contribution in [0.5, 0.6) is 0 Å². The fourth-order valence-electron chi connectivity index (χ4n) is 5.49. The van der Waals surface area contributed by atoms with Crippen LogP contribution >= 0.6 is 0 Å². The van der Waals surface area contributed by atoms with Crippen LogP contribution in [0.4, 0.5) is 0 Å². The molecule has 2 aromatic heterocycles. The zero-order chi connectivity index (χ0) is 32.9. The van der Waals surface area contributed by atoms with Gasteiger partial charge in [0.1, 0.15) is 0 Å². The van der Waals surface area contributed by atoms with Gasteiger partial charge in [-0.3, -0.25) is 0 Å². The molecule has 2 heterocycles.